The third kappa shape index (κ3) is 9.98. The maximum atomic E-state index is 14.6. The molecule has 8 nitrogen and oxygen atoms in total. The Morgan fingerprint density at radius 1 is 0.886 bits per heavy atom. The smallest absolute Gasteiger partial charge is 0.319 e. The van der Waals surface area contributed by atoms with Crippen LogP contribution in [0.2, 0.25) is 0 Å². The average Bonchev–Trinajstić information content (AvgIpc) is 3.02. The van der Waals surface area contributed by atoms with Crippen molar-refractivity contribution in [1.82, 2.24) is 10.2 Å². The number of urea groups is 1. The summed E-state index contributed by atoms with van der Waals surface area (Å²) < 4.78 is 26.6. The molecule has 3 N–H and O–H groups in total. The van der Waals surface area contributed by atoms with Crippen molar-refractivity contribution in [1.29, 1.82) is 0 Å². The highest BCUT2D eigenvalue weighted by Crippen LogP contribution is 2.28. The van der Waals surface area contributed by atoms with E-state index in [0.717, 1.165) is 63.1 Å². The van der Waals surface area contributed by atoms with Crippen molar-refractivity contribution >= 4 is 23.3 Å². The van der Waals surface area contributed by atoms with Crippen molar-refractivity contribution in [2.24, 2.45) is 0 Å². The number of nitrogens with one attached hydrogen (secondary N) is 3. The number of carbonyl (C=O) groups is 2. The zero-order valence-electron chi connectivity index (χ0n) is 26.1. The van der Waals surface area contributed by atoms with Gasteiger partial charge in [0.15, 0.2) is 0 Å². The van der Waals surface area contributed by atoms with Crippen molar-refractivity contribution in [3.8, 4) is 17.2 Å². The van der Waals surface area contributed by atoms with Crippen molar-refractivity contribution in [2.45, 2.75) is 71.8 Å². The molecular weight excluding hydrogens is 559 g/mol. The predicted molar refractivity (Wildman–Crippen MR) is 174 cm³/mol. The Balaban J connectivity index is 1.25. The van der Waals surface area contributed by atoms with Crippen LogP contribution in [0.5, 0.6) is 17.2 Å². The third-order valence-electron chi connectivity index (χ3n) is 7.70. The van der Waals surface area contributed by atoms with Crippen LogP contribution in [-0.2, 0) is 0 Å². The Bertz CT molecular complexity index is 1370. The van der Waals surface area contributed by atoms with Gasteiger partial charge in [0.1, 0.15) is 29.2 Å². The van der Waals surface area contributed by atoms with E-state index in [1.165, 1.54) is 25.0 Å². The molecule has 0 spiro atoms. The van der Waals surface area contributed by atoms with E-state index >= 15 is 0 Å². The minimum atomic E-state index is -0.602. The van der Waals surface area contributed by atoms with E-state index in [4.69, 9.17) is 9.47 Å². The Labute approximate surface area is 260 Å². The van der Waals surface area contributed by atoms with Gasteiger partial charge < -0.3 is 30.3 Å². The summed E-state index contributed by atoms with van der Waals surface area (Å²) in [5.41, 5.74) is 2.14. The fraction of sp³-hybridized carbons (Fsp3) is 0.429. The van der Waals surface area contributed by atoms with Crippen LogP contribution in [0.25, 0.3) is 0 Å². The first-order chi connectivity index (χ1) is 21.3. The van der Waals surface area contributed by atoms with Crippen LogP contribution in [0.4, 0.5) is 20.6 Å². The number of unbranched alkanes of at least 4 members (excludes halogenated alkanes) is 3. The molecule has 1 heterocycles. The number of anilines is 2. The number of aryl methyl sites for hydroxylation is 1. The quantitative estimate of drug-likeness (QED) is 0.162. The van der Waals surface area contributed by atoms with Gasteiger partial charge >= 0.3 is 6.03 Å². The van der Waals surface area contributed by atoms with Crippen LogP contribution < -0.4 is 25.4 Å². The summed E-state index contributed by atoms with van der Waals surface area (Å²) in [6.07, 6.45) is 7.64. The fourth-order valence-corrected chi connectivity index (χ4v) is 5.08. The largest absolute Gasteiger partial charge is 0.490 e. The molecule has 44 heavy (non-hydrogen) atoms. The maximum absolute atomic E-state index is 14.6. The van der Waals surface area contributed by atoms with E-state index in [1.54, 1.807) is 36.4 Å². The normalized spacial score (nSPS) is 13.7. The summed E-state index contributed by atoms with van der Waals surface area (Å²) in [4.78, 5) is 27.4. The Morgan fingerprint density at radius 3 is 2.30 bits per heavy atom. The molecule has 0 aliphatic carbocycles. The third-order valence-corrected chi connectivity index (χ3v) is 7.70. The van der Waals surface area contributed by atoms with Gasteiger partial charge in [0.25, 0.3) is 5.91 Å². The number of piperidine rings is 1. The van der Waals surface area contributed by atoms with Gasteiger partial charge in [0, 0.05) is 37.0 Å². The fourth-order valence-electron chi connectivity index (χ4n) is 5.08. The van der Waals surface area contributed by atoms with Gasteiger partial charge in [-0.15, -0.1) is 0 Å². The van der Waals surface area contributed by atoms with Gasteiger partial charge in [-0.2, -0.15) is 0 Å². The van der Waals surface area contributed by atoms with Crippen LogP contribution in [0.15, 0.2) is 60.7 Å². The van der Waals surface area contributed by atoms with Crippen LogP contribution in [0.1, 0.15) is 74.7 Å². The van der Waals surface area contributed by atoms with E-state index < -0.39 is 11.8 Å². The number of benzene rings is 3. The zero-order valence-corrected chi connectivity index (χ0v) is 26.1. The van der Waals surface area contributed by atoms with E-state index in [9.17, 15) is 14.0 Å². The molecule has 1 saturated heterocycles. The first-order valence-electron chi connectivity index (χ1n) is 15.8. The highest BCUT2D eigenvalue weighted by Gasteiger charge is 2.21. The van der Waals surface area contributed by atoms with E-state index in [2.05, 4.69) is 34.7 Å². The van der Waals surface area contributed by atoms with Gasteiger partial charge in [-0.1, -0.05) is 33.1 Å². The number of nitrogens with zero attached hydrogens (tertiary/aromatic N) is 1. The maximum Gasteiger partial charge on any atom is 0.319 e. The lowest BCUT2D eigenvalue weighted by atomic mass is 10.1. The van der Waals surface area contributed by atoms with E-state index in [-0.39, 0.29) is 23.4 Å². The highest BCUT2D eigenvalue weighted by atomic mass is 19.1. The lowest BCUT2D eigenvalue weighted by Gasteiger charge is -2.32. The standard InChI is InChI=1S/C35H45FN4O4/c1-4-6-8-19-37-35(42)39-32-15-14-30(24-31(32)36)43-28-12-10-27(11-13-28)38-34(41)26-9-16-33(25(3)23-26)44-29-17-21-40(22-18-29)20-7-5-2/h9-16,23-24,29H,4-8,17-22H2,1-3H3,(H,38,41)(H2,37,39,42). The van der Waals surface area contributed by atoms with Crippen LogP contribution in [0, 0.1) is 12.7 Å². The van der Waals surface area contributed by atoms with E-state index in [1.807, 2.05) is 19.1 Å². The molecule has 3 amide bonds. The lowest BCUT2D eigenvalue weighted by Crippen LogP contribution is -2.38. The summed E-state index contributed by atoms with van der Waals surface area (Å²) in [7, 11) is 0. The number of carbonyl (C=O) groups excluding carboxylic acids is 2. The van der Waals surface area contributed by atoms with Gasteiger partial charge in [-0.05, 0) is 99.3 Å². The number of rotatable bonds is 14. The summed E-state index contributed by atoms with van der Waals surface area (Å²) in [5.74, 6) is 0.756. The zero-order chi connectivity index (χ0) is 31.3. The Kier molecular flexibility index (Phi) is 12.4. The molecule has 4 rings (SSSR count). The second kappa shape index (κ2) is 16.7. The van der Waals surface area contributed by atoms with Crippen molar-refractivity contribution < 1.29 is 23.5 Å². The molecule has 9 heteroatoms. The molecular formula is C35H45FN4O4. The topological polar surface area (TPSA) is 91.9 Å². The van der Waals surface area contributed by atoms with Gasteiger partial charge in [-0.3, -0.25) is 4.79 Å². The minimum Gasteiger partial charge on any atom is -0.490 e. The molecule has 0 atom stereocenters. The second-order valence-corrected chi connectivity index (χ2v) is 11.3. The summed E-state index contributed by atoms with van der Waals surface area (Å²) in [6.45, 7) is 10.1. The molecule has 0 unspecified atom stereocenters. The minimum absolute atomic E-state index is 0.0707. The molecule has 1 aliphatic rings. The monoisotopic (exact) mass is 604 g/mol. The number of amides is 3. The van der Waals surface area contributed by atoms with Crippen molar-refractivity contribution in [2.75, 3.05) is 36.8 Å². The molecule has 0 radical (unpaired) electrons. The molecule has 236 valence electrons. The first-order valence-corrected chi connectivity index (χ1v) is 15.8. The molecule has 1 fully saturated rings. The van der Waals surface area contributed by atoms with Crippen LogP contribution in [-0.4, -0.2) is 49.1 Å². The van der Waals surface area contributed by atoms with Gasteiger partial charge in [-0.25, -0.2) is 9.18 Å². The number of hydrogen-bond acceptors (Lipinski definition) is 5. The van der Waals surface area contributed by atoms with Crippen LogP contribution in [0.3, 0.4) is 0 Å². The number of likely N-dealkylation sites (tertiary alicyclic amines) is 1. The second-order valence-electron chi connectivity index (χ2n) is 11.3. The number of ether oxygens (including phenoxy) is 2. The van der Waals surface area contributed by atoms with Gasteiger partial charge in [0.2, 0.25) is 0 Å². The summed E-state index contributed by atoms with van der Waals surface area (Å²) in [6, 6.07) is 16.2. The van der Waals surface area contributed by atoms with Crippen molar-refractivity contribution in [3.05, 3.63) is 77.6 Å². The SMILES string of the molecule is CCCCCNC(=O)Nc1ccc(Oc2ccc(NC(=O)c3ccc(OC4CCN(CCCC)CC4)c(C)c3)cc2)cc1F. The molecule has 0 bridgehead atoms. The molecule has 0 saturated carbocycles. The number of hydrogen-bond donors (Lipinski definition) is 3. The highest BCUT2D eigenvalue weighted by molar-refractivity contribution is 6.04. The van der Waals surface area contributed by atoms with Crippen molar-refractivity contribution in [3.63, 3.8) is 0 Å². The van der Waals surface area contributed by atoms with E-state index in [0.29, 0.717) is 23.5 Å². The molecule has 3 aromatic carbocycles. The average molecular weight is 605 g/mol. The summed E-state index contributed by atoms with van der Waals surface area (Å²) in [5, 5.41) is 8.15. The predicted octanol–water partition coefficient (Wildman–Crippen LogP) is 8.13. The molecule has 3 aromatic rings. The van der Waals surface area contributed by atoms with Crippen LogP contribution >= 0.6 is 0 Å². The lowest BCUT2D eigenvalue weighted by molar-refractivity contribution is 0.0991. The number of halogens is 1. The first kappa shape index (κ1) is 32.8. The molecule has 0 aromatic heterocycles. The summed E-state index contributed by atoms with van der Waals surface area (Å²) >= 11 is 0. The Hall–Kier alpha value is -4.11. The molecule has 1 aliphatic heterocycles. The Morgan fingerprint density at radius 2 is 1.61 bits per heavy atom. The van der Waals surface area contributed by atoms with Gasteiger partial charge in [0.05, 0.1) is 5.69 Å².